The van der Waals surface area contributed by atoms with E-state index in [1.165, 1.54) is 18.3 Å². The first-order valence-electron chi connectivity index (χ1n) is 17.0. The molecular weight excluding hydrogens is 641 g/mol. The summed E-state index contributed by atoms with van der Waals surface area (Å²) in [4.78, 5) is 35.2. The van der Waals surface area contributed by atoms with Gasteiger partial charge in [0.1, 0.15) is 23.6 Å². The first-order chi connectivity index (χ1) is 23.1. The second-order valence-electron chi connectivity index (χ2n) is 14.8. The predicted molar refractivity (Wildman–Crippen MR) is 176 cm³/mol. The van der Waals surface area contributed by atoms with Gasteiger partial charge in [-0.2, -0.15) is 4.39 Å². The van der Waals surface area contributed by atoms with E-state index in [1.54, 1.807) is 36.6 Å². The Bertz CT molecular complexity index is 1470. The second kappa shape index (κ2) is 15.1. The van der Waals surface area contributed by atoms with Gasteiger partial charge in [-0.15, -0.1) is 0 Å². The van der Waals surface area contributed by atoms with Crippen LogP contribution in [0.25, 0.3) is 0 Å². The summed E-state index contributed by atoms with van der Waals surface area (Å²) in [5.41, 5.74) is -0.823. The molecule has 0 radical (unpaired) electrons. The lowest BCUT2D eigenvalue weighted by Crippen LogP contribution is -2.60. The first-order valence-corrected chi connectivity index (χ1v) is 17.0. The van der Waals surface area contributed by atoms with Gasteiger partial charge < -0.3 is 24.0 Å². The summed E-state index contributed by atoms with van der Waals surface area (Å²) in [6.45, 7) is 17.6. The molecule has 3 heterocycles. The van der Waals surface area contributed by atoms with Crippen molar-refractivity contribution in [2.45, 2.75) is 77.7 Å². The standard InChI is InChI=1S/C35H49F3N6O5/c1-34(2,3)48-32(45)41-13-17-43(18-14-41)42-15-10-40(11-16-42)12-19-44(33(46)49-35(4,5)6)29-22-26(29)27-20-25(36)21-28(37)30(27)47-23-24-8-7-9-39-31(24)38/h7-9,20-21,26,29H,10-19,22-23H2,1-6H3/t26-,29+/m0/s1. The zero-order valence-corrected chi connectivity index (χ0v) is 29.4. The number of rotatable bonds is 9. The number of ether oxygens (including phenoxy) is 3. The molecule has 14 heteroatoms. The number of aromatic nitrogens is 1. The van der Waals surface area contributed by atoms with Crippen molar-refractivity contribution in [3.63, 3.8) is 0 Å². The molecule has 1 aliphatic carbocycles. The highest BCUT2D eigenvalue weighted by Crippen LogP contribution is 2.49. The maximum Gasteiger partial charge on any atom is 0.410 e. The zero-order chi connectivity index (χ0) is 35.5. The number of carbonyl (C=O) groups excluding carboxylic acids is 2. The molecule has 2 aromatic rings. The number of carbonyl (C=O) groups is 2. The number of hydrogen-bond acceptors (Lipinski definition) is 9. The van der Waals surface area contributed by atoms with Crippen LogP contribution in [0.4, 0.5) is 22.8 Å². The van der Waals surface area contributed by atoms with Gasteiger partial charge in [-0.05, 0) is 66.2 Å². The first kappa shape index (κ1) is 36.7. The normalized spacial score (nSPS) is 21.0. The number of benzene rings is 1. The lowest BCUT2D eigenvalue weighted by Gasteiger charge is -2.45. The number of hydrogen-bond donors (Lipinski definition) is 0. The molecule has 3 fully saturated rings. The van der Waals surface area contributed by atoms with E-state index in [-0.39, 0.29) is 36.0 Å². The van der Waals surface area contributed by atoms with Crippen molar-refractivity contribution < 1.29 is 37.0 Å². The van der Waals surface area contributed by atoms with E-state index in [9.17, 15) is 18.4 Å². The molecule has 11 nitrogen and oxygen atoms in total. The Morgan fingerprint density at radius 1 is 0.898 bits per heavy atom. The van der Waals surface area contributed by atoms with Gasteiger partial charge in [0.25, 0.3) is 0 Å². The lowest BCUT2D eigenvalue weighted by atomic mass is 10.1. The summed E-state index contributed by atoms with van der Waals surface area (Å²) in [5.74, 6) is -2.93. The van der Waals surface area contributed by atoms with Gasteiger partial charge in [0.2, 0.25) is 5.95 Å². The van der Waals surface area contributed by atoms with Crippen molar-refractivity contribution in [3.8, 4) is 5.75 Å². The van der Waals surface area contributed by atoms with Gasteiger partial charge in [0, 0.05) is 101 Å². The Kier molecular flexibility index (Phi) is 11.3. The van der Waals surface area contributed by atoms with Crippen LogP contribution in [0.2, 0.25) is 0 Å². The van der Waals surface area contributed by atoms with Gasteiger partial charge in [-0.25, -0.2) is 33.4 Å². The minimum atomic E-state index is -0.891. The van der Waals surface area contributed by atoms with E-state index >= 15 is 4.39 Å². The molecule has 0 bridgehead atoms. The Balaban J connectivity index is 1.18. The molecule has 2 aliphatic heterocycles. The van der Waals surface area contributed by atoms with E-state index in [4.69, 9.17) is 14.2 Å². The van der Waals surface area contributed by atoms with E-state index in [0.29, 0.717) is 38.2 Å². The van der Waals surface area contributed by atoms with Crippen LogP contribution in [-0.2, 0) is 16.1 Å². The molecule has 0 unspecified atom stereocenters. The fourth-order valence-corrected chi connectivity index (χ4v) is 6.24. The number of pyridine rings is 1. The number of halogens is 3. The van der Waals surface area contributed by atoms with Crippen molar-refractivity contribution >= 4 is 12.2 Å². The highest BCUT2D eigenvalue weighted by atomic mass is 19.1. The Morgan fingerprint density at radius 3 is 2.14 bits per heavy atom. The summed E-state index contributed by atoms with van der Waals surface area (Å²) in [5, 5.41) is 4.61. The smallest absolute Gasteiger partial charge is 0.410 e. The van der Waals surface area contributed by atoms with E-state index < -0.39 is 34.9 Å². The molecule has 2 saturated heterocycles. The molecule has 1 aromatic heterocycles. The molecule has 49 heavy (non-hydrogen) atoms. The zero-order valence-electron chi connectivity index (χ0n) is 29.4. The number of piperazine rings is 2. The fraction of sp³-hybridized carbons (Fsp3) is 0.629. The van der Waals surface area contributed by atoms with Crippen LogP contribution in [-0.4, -0.2) is 125 Å². The number of hydrazine groups is 1. The minimum absolute atomic E-state index is 0.142. The van der Waals surface area contributed by atoms with Crippen LogP contribution in [0.5, 0.6) is 5.75 Å². The topological polar surface area (TPSA) is 90.9 Å². The lowest BCUT2D eigenvalue weighted by molar-refractivity contribution is -0.0829. The Labute approximate surface area is 286 Å². The molecule has 1 saturated carbocycles. The van der Waals surface area contributed by atoms with Crippen LogP contribution in [0.1, 0.15) is 65.0 Å². The average molecular weight is 691 g/mol. The maximum absolute atomic E-state index is 15.1. The molecule has 2 amide bonds. The van der Waals surface area contributed by atoms with Crippen molar-refractivity contribution in [3.05, 3.63) is 59.2 Å². The van der Waals surface area contributed by atoms with Crippen LogP contribution < -0.4 is 4.74 Å². The highest BCUT2D eigenvalue weighted by molar-refractivity contribution is 5.70. The highest BCUT2D eigenvalue weighted by Gasteiger charge is 2.48. The van der Waals surface area contributed by atoms with E-state index in [0.717, 1.165) is 45.3 Å². The van der Waals surface area contributed by atoms with Gasteiger partial charge in [-0.3, -0.25) is 4.90 Å². The van der Waals surface area contributed by atoms with Gasteiger partial charge in [-0.1, -0.05) is 0 Å². The van der Waals surface area contributed by atoms with Gasteiger partial charge in [0.15, 0.2) is 11.6 Å². The summed E-state index contributed by atoms with van der Waals surface area (Å²) < 4.78 is 60.7. The van der Waals surface area contributed by atoms with Crippen LogP contribution >= 0.6 is 0 Å². The molecule has 1 aromatic carbocycles. The van der Waals surface area contributed by atoms with Crippen molar-refractivity contribution in [1.82, 2.24) is 29.7 Å². The van der Waals surface area contributed by atoms with Crippen molar-refractivity contribution in [1.29, 1.82) is 0 Å². The average Bonchev–Trinajstić information content (AvgIpc) is 3.80. The number of nitrogens with zero attached hydrogens (tertiary/aromatic N) is 6. The quantitative estimate of drug-likeness (QED) is 0.327. The Morgan fingerprint density at radius 2 is 1.53 bits per heavy atom. The Hall–Kier alpha value is -3.62. The van der Waals surface area contributed by atoms with Crippen molar-refractivity contribution in [2.24, 2.45) is 0 Å². The fourth-order valence-electron chi connectivity index (χ4n) is 6.24. The molecular formula is C35H49F3N6O5. The monoisotopic (exact) mass is 690 g/mol. The predicted octanol–water partition coefficient (Wildman–Crippen LogP) is 5.26. The van der Waals surface area contributed by atoms with Gasteiger partial charge in [0.05, 0.1) is 0 Å². The van der Waals surface area contributed by atoms with Crippen molar-refractivity contribution in [2.75, 3.05) is 65.4 Å². The van der Waals surface area contributed by atoms with Gasteiger partial charge >= 0.3 is 12.2 Å². The molecule has 3 aliphatic rings. The molecule has 0 N–H and O–H groups in total. The van der Waals surface area contributed by atoms with Crippen LogP contribution in [0.15, 0.2) is 30.5 Å². The minimum Gasteiger partial charge on any atom is -0.485 e. The number of amides is 2. The third kappa shape index (κ3) is 9.98. The third-order valence-electron chi connectivity index (χ3n) is 8.74. The summed E-state index contributed by atoms with van der Waals surface area (Å²) in [6.07, 6.45) is 1.01. The summed E-state index contributed by atoms with van der Waals surface area (Å²) in [6, 6.07) is 4.65. The maximum atomic E-state index is 15.1. The molecule has 0 spiro atoms. The van der Waals surface area contributed by atoms with E-state index in [1.807, 2.05) is 20.8 Å². The van der Waals surface area contributed by atoms with E-state index in [2.05, 4.69) is 19.9 Å². The largest absolute Gasteiger partial charge is 0.485 e. The third-order valence-corrected chi connectivity index (χ3v) is 8.74. The molecule has 2 atom stereocenters. The summed E-state index contributed by atoms with van der Waals surface area (Å²) >= 11 is 0. The summed E-state index contributed by atoms with van der Waals surface area (Å²) in [7, 11) is 0. The second-order valence-corrected chi connectivity index (χ2v) is 14.8. The molecule has 5 rings (SSSR count). The SMILES string of the molecule is CC(C)(C)OC(=O)N1CCN(N2CCN(CCN(C(=O)OC(C)(C)C)[C@@H]3C[C@H]3c3cc(F)cc(F)c3OCc3cccnc3F)CC2)CC1. The van der Waals surface area contributed by atoms with Crippen LogP contribution in [0, 0.1) is 17.6 Å². The molecule has 270 valence electrons. The van der Waals surface area contributed by atoms with Crippen LogP contribution in [0.3, 0.4) is 0 Å².